The molecule has 2 saturated carbocycles. The monoisotopic (exact) mass is 164 g/mol. The Hall–Kier alpha value is -0.260. The zero-order valence-electron chi connectivity index (χ0n) is 8.13. The van der Waals surface area contributed by atoms with Crippen LogP contribution in [0.5, 0.6) is 0 Å². The number of hydrogen-bond donors (Lipinski definition) is 0. The maximum Gasteiger partial charge on any atom is -0.0231 e. The second-order valence-corrected chi connectivity index (χ2v) is 4.68. The summed E-state index contributed by atoms with van der Waals surface area (Å²) in [7, 11) is 0. The van der Waals surface area contributed by atoms with Gasteiger partial charge in [0.25, 0.3) is 0 Å². The first kappa shape index (κ1) is 8.34. The van der Waals surface area contributed by atoms with E-state index in [0.717, 1.165) is 23.7 Å². The highest BCUT2D eigenvalue weighted by atomic mass is 14.5. The van der Waals surface area contributed by atoms with Crippen LogP contribution in [0.2, 0.25) is 0 Å². The Labute approximate surface area is 76.1 Å². The van der Waals surface area contributed by atoms with Crippen LogP contribution in [-0.2, 0) is 0 Å². The predicted molar refractivity (Wildman–Crippen MR) is 52.9 cm³/mol. The summed E-state index contributed by atoms with van der Waals surface area (Å²) in [5.74, 6) is 4.13. The van der Waals surface area contributed by atoms with Crippen LogP contribution in [0.3, 0.4) is 0 Å². The molecular formula is C12H20. The topological polar surface area (TPSA) is 0 Å². The van der Waals surface area contributed by atoms with Crippen molar-refractivity contribution in [1.82, 2.24) is 0 Å². The Bertz CT molecular complexity index is 171. The summed E-state index contributed by atoms with van der Waals surface area (Å²) >= 11 is 0. The molecule has 0 aromatic heterocycles. The zero-order valence-corrected chi connectivity index (χ0v) is 8.13. The van der Waals surface area contributed by atoms with Gasteiger partial charge in [0.2, 0.25) is 0 Å². The van der Waals surface area contributed by atoms with Crippen molar-refractivity contribution in [3.63, 3.8) is 0 Å². The molecule has 0 heterocycles. The number of fused-ring (bicyclic) bond motifs is 1. The van der Waals surface area contributed by atoms with Gasteiger partial charge >= 0.3 is 0 Å². The first-order valence-electron chi connectivity index (χ1n) is 5.47. The molecule has 0 aliphatic heterocycles. The minimum atomic E-state index is 0.852. The highest BCUT2D eigenvalue weighted by molar-refractivity contribution is 5.00. The summed E-state index contributed by atoms with van der Waals surface area (Å²) in [6.07, 6.45) is 9.46. The Morgan fingerprint density at radius 2 is 2.17 bits per heavy atom. The van der Waals surface area contributed by atoms with Gasteiger partial charge in [-0.2, -0.15) is 0 Å². The molecule has 2 rings (SSSR count). The second kappa shape index (κ2) is 3.24. The van der Waals surface area contributed by atoms with Gasteiger partial charge in [-0.1, -0.05) is 25.8 Å². The lowest BCUT2D eigenvalue weighted by atomic mass is 9.79. The van der Waals surface area contributed by atoms with Crippen molar-refractivity contribution in [1.29, 1.82) is 0 Å². The molecule has 0 N–H and O–H groups in total. The quantitative estimate of drug-likeness (QED) is 0.559. The Morgan fingerprint density at radius 1 is 1.33 bits per heavy atom. The minimum Gasteiger partial charge on any atom is -0.103 e. The molecule has 3 unspecified atom stereocenters. The molecule has 0 saturated heterocycles. The molecule has 0 bridgehead atoms. The minimum absolute atomic E-state index is 0.852. The summed E-state index contributed by atoms with van der Waals surface area (Å²) < 4.78 is 0. The molecule has 0 spiro atoms. The predicted octanol–water partition coefficient (Wildman–Crippen LogP) is 3.63. The fraction of sp³-hybridized carbons (Fsp3) is 0.833. The largest absolute Gasteiger partial charge is 0.103 e. The standard InChI is InChI=1S/C12H20/c1-3-5-10-6-9(4-2)7-11-8-12(10)11/h4,9-12H,2-3,5-8H2,1H3/t9?,10?,11-,12?/m1/s1. The summed E-state index contributed by atoms with van der Waals surface area (Å²) in [4.78, 5) is 0. The first-order valence-corrected chi connectivity index (χ1v) is 5.47. The normalized spacial score (nSPS) is 45.1. The van der Waals surface area contributed by atoms with Gasteiger partial charge in [0.05, 0.1) is 0 Å². The third kappa shape index (κ3) is 1.44. The number of hydrogen-bond acceptors (Lipinski definition) is 0. The number of rotatable bonds is 3. The SMILES string of the molecule is C=CC1CC(CCC)C2C[C@H]2C1. The molecule has 2 aliphatic rings. The molecule has 0 amide bonds. The van der Waals surface area contributed by atoms with Crippen molar-refractivity contribution in [3.05, 3.63) is 12.7 Å². The molecule has 12 heavy (non-hydrogen) atoms. The van der Waals surface area contributed by atoms with Crippen LogP contribution in [0.25, 0.3) is 0 Å². The second-order valence-electron chi connectivity index (χ2n) is 4.68. The van der Waals surface area contributed by atoms with Crippen LogP contribution in [0, 0.1) is 23.7 Å². The summed E-state index contributed by atoms with van der Waals surface area (Å²) in [6.45, 7) is 6.25. The fourth-order valence-electron chi connectivity index (χ4n) is 3.06. The van der Waals surface area contributed by atoms with E-state index < -0.39 is 0 Å². The van der Waals surface area contributed by atoms with E-state index in [9.17, 15) is 0 Å². The van der Waals surface area contributed by atoms with Crippen LogP contribution >= 0.6 is 0 Å². The van der Waals surface area contributed by atoms with E-state index in [2.05, 4.69) is 19.6 Å². The molecular weight excluding hydrogens is 144 g/mol. The zero-order chi connectivity index (χ0) is 8.55. The van der Waals surface area contributed by atoms with Crippen LogP contribution in [-0.4, -0.2) is 0 Å². The lowest BCUT2D eigenvalue weighted by molar-refractivity contribution is 0.270. The van der Waals surface area contributed by atoms with Crippen LogP contribution < -0.4 is 0 Å². The van der Waals surface area contributed by atoms with Crippen molar-refractivity contribution in [3.8, 4) is 0 Å². The average Bonchev–Trinajstić information content (AvgIpc) is 2.83. The van der Waals surface area contributed by atoms with Gasteiger partial charge in [-0.15, -0.1) is 6.58 Å². The molecule has 0 heteroatoms. The van der Waals surface area contributed by atoms with E-state index in [1.54, 1.807) is 0 Å². The maximum absolute atomic E-state index is 3.93. The molecule has 0 radical (unpaired) electrons. The smallest absolute Gasteiger partial charge is 0.0231 e. The van der Waals surface area contributed by atoms with E-state index in [4.69, 9.17) is 0 Å². The summed E-state index contributed by atoms with van der Waals surface area (Å²) in [5, 5.41) is 0. The molecule has 0 aromatic carbocycles. The number of allylic oxidation sites excluding steroid dienone is 1. The molecule has 2 fully saturated rings. The molecule has 0 aromatic rings. The first-order chi connectivity index (χ1) is 5.85. The molecule has 2 aliphatic carbocycles. The third-order valence-corrected chi connectivity index (χ3v) is 3.79. The van der Waals surface area contributed by atoms with Gasteiger partial charge in [0.15, 0.2) is 0 Å². The molecule has 68 valence electrons. The van der Waals surface area contributed by atoms with E-state index in [-0.39, 0.29) is 0 Å². The summed E-state index contributed by atoms with van der Waals surface area (Å²) in [5.41, 5.74) is 0. The Balaban J connectivity index is 1.91. The van der Waals surface area contributed by atoms with Crippen LogP contribution in [0.15, 0.2) is 12.7 Å². The van der Waals surface area contributed by atoms with Gasteiger partial charge in [-0.25, -0.2) is 0 Å². The van der Waals surface area contributed by atoms with Crippen LogP contribution in [0.1, 0.15) is 39.0 Å². The van der Waals surface area contributed by atoms with Crippen molar-refractivity contribution in [2.24, 2.45) is 23.7 Å². The highest BCUT2D eigenvalue weighted by Gasteiger charge is 2.46. The van der Waals surface area contributed by atoms with Gasteiger partial charge in [-0.05, 0) is 42.9 Å². The summed E-state index contributed by atoms with van der Waals surface area (Å²) in [6, 6.07) is 0. The third-order valence-electron chi connectivity index (χ3n) is 3.79. The van der Waals surface area contributed by atoms with Crippen molar-refractivity contribution in [2.45, 2.75) is 39.0 Å². The lowest BCUT2D eigenvalue weighted by Gasteiger charge is -2.26. The average molecular weight is 164 g/mol. The molecule has 4 atom stereocenters. The van der Waals surface area contributed by atoms with Gasteiger partial charge < -0.3 is 0 Å². The lowest BCUT2D eigenvalue weighted by Crippen LogP contribution is -2.16. The van der Waals surface area contributed by atoms with E-state index in [1.165, 1.54) is 32.1 Å². The van der Waals surface area contributed by atoms with Crippen molar-refractivity contribution >= 4 is 0 Å². The van der Waals surface area contributed by atoms with Gasteiger partial charge in [0.1, 0.15) is 0 Å². The van der Waals surface area contributed by atoms with E-state index in [0.29, 0.717) is 0 Å². The maximum atomic E-state index is 3.93. The Kier molecular flexibility index (Phi) is 2.25. The van der Waals surface area contributed by atoms with E-state index >= 15 is 0 Å². The fourth-order valence-corrected chi connectivity index (χ4v) is 3.06. The Morgan fingerprint density at radius 3 is 2.83 bits per heavy atom. The van der Waals surface area contributed by atoms with Gasteiger partial charge in [-0.3, -0.25) is 0 Å². The molecule has 0 nitrogen and oxygen atoms in total. The highest BCUT2D eigenvalue weighted by Crippen LogP contribution is 2.55. The van der Waals surface area contributed by atoms with Crippen LogP contribution in [0.4, 0.5) is 0 Å². The van der Waals surface area contributed by atoms with Crippen molar-refractivity contribution < 1.29 is 0 Å². The van der Waals surface area contributed by atoms with Gasteiger partial charge in [0, 0.05) is 0 Å². The van der Waals surface area contributed by atoms with E-state index in [1.807, 2.05) is 0 Å². The van der Waals surface area contributed by atoms with Crippen molar-refractivity contribution in [2.75, 3.05) is 0 Å².